The van der Waals surface area contributed by atoms with Crippen LogP contribution in [-0.2, 0) is 6.54 Å². The van der Waals surface area contributed by atoms with Gasteiger partial charge < -0.3 is 10.3 Å². The number of hydrogen-bond acceptors (Lipinski definition) is 2. The molecule has 1 heterocycles. The molecular weight excluding hydrogens is 188 g/mol. The summed E-state index contributed by atoms with van der Waals surface area (Å²) in [5.74, 6) is 0. The molecule has 1 aromatic carbocycles. The Bertz CT molecular complexity index is 456. The number of para-hydroxylation sites is 1. The van der Waals surface area contributed by atoms with Crippen molar-refractivity contribution in [2.75, 3.05) is 5.32 Å². The van der Waals surface area contributed by atoms with E-state index < -0.39 is 0 Å². The molecular formula is C12H12N2O. The second-order valence-electron chi connectivity index (χ2n) is 3.28. The van der Waals surface area contributed by atoms with Gasteiger partial charge in [0.05, 0.1) is 0 Å². The molecule has 2 rings (SSSR count). The van der Waals surface area contributed by atoms with Crippen molar-refractivity contribution in [2.45, 2.75) is 6.54 Å². The summed E-state index contributed by atoms with van der Waals surface area (Å²) in [5.41, 5.74) is 2.06. The van der Waals surface area contributed by atoms with E-state index in [1.54, 1.807) is 6.20 Å². The molecule has 0 atom stereocenters. The third kappa shape index (κ3) is 2.71. The number of aromatic nitrogens is 1. The number of H-pyrrole nitrogens is 1. The number of rotatable bonds is 3. The molecule has 0 saturated heterocycles. The maximum Gasteiger partial charge on any atom is 0.247 e. The lowest BCUT2D eigenvalue weighted by Crippen LogP contribution is -2.05. The quantitative estimate of drug-likeness (QED) is 0.795. The van der Waals surface area contributed by atoms with Crippen LogP contribution in [0.25, 0.3) is 0 Å². The minimum Gasteiger partial charge on any atom is -0.381 e. The highest BCUT2D eigenvalue weighted by Gasteiger charge is 1.92. The average molecular weight is 200 g/mol. The van der Waals surface area contributed by atoms with Crippen molar-refractivity contribution in [3.63, 3.8) is 0 Å². The van der Waals surface area contributed by atoms with E-state index in [4.69, 9.17) is 0 Å². The standard InChI is InChI=1S/C12H12N2O/c15-12-7-6-10(9-14-12)8-13-11-4-2-1-3-5-11/h1-7,9,13H,8H2,(H,14,15). The molecule has 0 amide bonds. The third-order valence-corrected chi connectivity index (χ3v) is 2.12. The molecule has 76 valence electrons. The first-order valence-corrected chi connectivity index (χ1v) is 4.81. The van der Waals surface area contributed by atoms with E-state index in [2.05, 4.69) is 10.3 Å². The van der Waals surface area contributed by atoms with Gasteiger partial charge in [-0.25, -0.2) is 0 Å². The first kappa shape index (κ1) is 9.52. The first-order chi connectivity index (χ1) is 7.34. The van der Waals surface area contributed by atoms with Crippen LogP contribution < -0.4 is 10.9 Å². The van der Waals surface area contributed by atoms with Gasteiger partial charge in [-0.15, -0.1) is 0 Å². The fourth-order valence-electron chi connectivity index (χ4n) is 1.31. The van der Waals surface area contributed by atoms with Crippen LogP contribution >= 0.6 is 0 Å². The van der Waals surface area contributed by atoms with Crippen molar-refractivity contribution in [1.29, 1.82) is 0 Å². The largest absolute Gasteiger partial charge is 0.381 e. The Kier molecular flexibility index (Phi) is 2.83. The van der Waals surface area contributed by atoms with E-state index in [1.165, 1.54) is 6.07 Å². The topological polar surface area (TPSA) is 44.9 Å². The van der Waals surface area contributed by atoms with Gasteiger partial charge in [-0.2, -0.15) is 0 Å². The van der Waals surface area contributed by atoms with E-state index in [0.717, 1.165) is 11.3 Å². The maximum atomic E-state index is 10.8. The first-order valence-electron chi connectivity index (χ1n) is 4.81. The highest BCUT2D eigenvalue weighted by Crippen LogP contribution is 2.06. The van der Waals surface area contributed by atoms with E-state index in [-0.39, 0.29) is 5.56 Å². The van der Waals surface area contributed by atoms with E-state index >= 15 is 0 Å². The number of nitrogens with one attached hydrogen (secondary N) is 2. The van der Waals surface area contributed by atoms with Crippen molar-refractivity contribution < 1.29 is 0 Å². The van der Waals surface area contributed by atoms with Crippen LogP contribution in [0.4, 0.5) is 5.69 Å². The summed E-state index contributed by atoms with van der Waals surface area (Å²) in [6.07, 6.45) is 1.72. The van der Waals surface area contributed by atoms with E-state index in [1.807, 2.05) is 36.4 Å². The van der Waals surface area contributed by atoms with Gasteiger partial charge in [0.15, 0.2) is 0 Å². The molecule has 0 unspecified atom stereocenters. The minimum atomic E-state index is -0.0709. The number of pyridine rings is 1. The number of anilines is 1. The van der Waals surface area contributed by atoms with Gasteiger partial charge in [-0.3, -0.25) is 4.79 Å². The normalized spacial score (nSPS) is 9.87. The molecule has 3 nitrogen and oxygen atoms in total. The summed E-state index contributed by atoms with van der Waals surface area (Å²) in [6, 6.07) is 13.3. The van der Waals surface area contributed by atoms with Crippen LogP contribution in [-0.4, -0.2) is 4.98 Å². The maximum absolute atomic E-state index is 10.8. The fourth-order valence-corrected chi connectivity index (χ4v) is 1.31. The molecule has 0 aliphatic heterocycles. The molecule has 2 aromatic rings. The van der Waals surface area contributed by atoms with Crippen LogP contribution in [0.5, 0.6) is 0 Å². The lowest BCUT2D eigenvalue weighted by Gasteiger charge is -2.05. The molecule has 0 fully saturated rings. The summed E-state index contributed by atoms with van der Waals surface area (Å²) >= 11 is 0. The Hall–Kier alpha value is -2.03. The van der Waals surface area contributed by atoms with E-state index in [9.17, 15) is 4.79 Å². The van der Waals surface area contributed by atoms with Crippen LogP contribution in [0.1, 0.15) is 5.56 Å². The Labute approximate surface area is 87.8 Å². The second kappa shape index (κ2) is 4.46. The van der Waals surface area contributed by atoms with Crippen molar-refractivity contribution >= 4 is 5.69 Å². The summed E-state index contributed by atoms with van der Waals surface area (Å²) in [5, 5.41) is 3.26. The molecule has 0 saturated carbocycles. The zero-order valence-electron chi connectivity index (χ0n) is 8.23. The average Bonchev–Trinajstić information content (AvgIpc) is 2.30. The highest BCUT2D eigenvalue weighted by atomic mass is 16.1. The van der Waals surface area contributed by atoms with Crippen LogP contribution in [0.15, 0.2) is 53.5 Å². The predicted molar refractivity (Wildman–Crippen MR) is 60.8 cm³/mol. The smallest absolute Gasteiger partial charge is 0.247 e. The number of aromatic amines is 1. The molecule has 1 aromatic heterocycles. The molecule has 3 heteroatoms. The Morgan fingerprint density at radius 1 is 1.07 bits per heavy atom. The van der Waals surface area contributed by atoms with Crippen molar-refractivity contribution in [3.8, 4) is 0 Å². The summed E-state index contributed by atoms with van der Waals surface area (Å²) in [4.78, 5) is 13.5. The highest BCUT2D eigenvalue weighted by molar-refractivity contribution is 5.42. The van der Waals surface area contributed by atoms with Crippen LogP contribution in [0.2, 0.25) is 0 Å². The molecule has 0 aliphatic rings. The molecule has 2 N–H and O–H groups in total. The fraction of sp³-hybridized carbons (Fsp3) is 0.0833. The van der Waals surface area contributed by atoms with Gasteiger partial charge in [0.25, 0.3) is 0 Å². The van der Waals surface area contributed by atoms with E-state index in [0.29, 0.717) is 6.54 Å². The minimum absolute atomic E-state index is 0.0709. The molecule has 0 bridgehead atoms. The Morgan fingerprint density at radius 3 is 2.53 bits per heavy atom. The van der Waals surface area contributed by atoms with Crippen molar-refractivity contribution in [2.24, 2.45) is 0 Å². The van der Waals surface area contributed by atoms with Gasteiger partial charge in [-0.05, 0) is 17.7 Å². The second-order valence-corrected chi connectivity index (χ2v) is 3.28. The van der Waals surface area contributed by atoms with Crippen molar-refractivity contribution in [3.05, 3.63) is 64.6 Å². The zero-order valence-corrected chi connectivity index (χ0v) is 8.23. The summed E-state index contributed by atoms with van der Waals surface area (Å²) in [6.45, 7) is 0.709. The van der Waals surface area contributed by atoms with Gasteiger partial charge in [0, 0.05) is 24.5 Å². The van der Waals surface area contributed by atoms with Gasteiger partial charge >= 0.3 is 0 Å². The lowest BCUT2D eigenvalue weighted by atomic mass is 10.2. The zero-order chi connectivity index (χ0) is 10.5. The van der Waals surface area contributed by atoms with Crippen molar-refractivity contribution in [1.82, 2.24) is 4.98 Å². The van der Waals surface area contributed by atoms with Crippen LogP contribution in [0.3, 0.4) is 0 Å². The molecule has 0 aliphatic carbocycles. The SMILES string of the molecule is O=c1ccc(CNc2ccccc2)c[nH]1. The summed E-state index contributed by atoms with van der Waals surface area (Å²) in [7, 11) is 0. The lowest BCUT2D eigenvalue weighted by molar-refractivity contribution is 1.09. The monoisotopic (exact) mass is 200 g/mol. The molecule has 0 spiro atoms. The van der Waals surface area contributed by atoms with Crippen LogP contribution in [0, 0.1) is 0 Å². The summed E-state index contributed by atoms with van der Waals surface area (Å²) < 4.78 is 0. The third-order valence-electron chi connectivity index (χ3n) is 2.12. The number of benzene rings is 1. The Balaban J connectivity index is 1.99. The molecule has 0 radical (unpaired) electrons. The van der Waals surface area contributed by atoms with Gasteiger partial charge in [0.2, 0.25) is 5.56 Å². The Morgan fingerprint density at radius 2 is 1.87 bits per heavy atom. The van der Waals surface area contributed by atoms with Gasteiger partial charge in [-0.1, -0.05) is 24.3 Å². The predicted octanol–water partition coefficient (Wildman–Crippen LogP) is 1.99. The molecule has 15 heavy (non-hydrogen) atoms. The van der Waals surface area contributed by atoms with Gasteiger partial charge in [0.1, 0.15) is 0 Å². The number of hydrogen-bond donors (Lipinski definition) is 2.